The molecule has 0 saturated carbocycles. The van der Waals surface area contributed by atoms with Gasteiger partial charge in [0.25, 0.3) is 17.5 Å². The molecule has 11 nitrogen and oxygen atoms in total. The van der Waals surface area contributed by atoms with Gasteiger partial charge in [-0.2, -0.15) is 0 Å². The van der Waals surface area contributed by atoms with E-state index in [-0.39, 0.29) is 24.2 Å². The summed E-state index contributed by atoms with van der Waals surface area (Å²) >= 11 is 9.31. The van der Waals surface area contributed by atoms with E-state index in [1.165, 1.54) is 12.1 Å². The van der Waals surface area contributed by atoms with Crippen molar-refractivity contribution in [1.29, 1.82) is 0 Å². The van der Waals surface area contributed by atoms with Crippen molar-refractivity contribution < 1.29 is 28.8 Å². The first-order valence-electron chi connectivity index (χ1n) is 9.83. The summed E-state index contributed by atoms with van der Waals surface area (Å²) in [6.45, 7) is 1.07. The lowest BCUT2D eigenvalue weighted by Gasteiger charge is -2.17. The van der Waals surface area contributed by atoms with Gasteiger partial charge in [-0.15, -0.1) is 0 Å². The standard InChI is InChI=1S/C21H18BrClN4O7/c1-11-6-15(22)16(23)8-17(11)24-18(28)10-34-21(31)13-7-19(29)26(9-13)25-20(30)12-2-4-14(5-3-12)27(32)33/h2-6,8,13H,7,9-10H2,1H3,(H,24,28)(H,25,30)/t13-/m1/s1. The van der Waals surface area contributed by atoms with Crippen molar-refractivity contribution in [2.75, 3.05) is 18.5 Å². The van der Waals surface area contributed by atoms with Crippen LogP contribution in [0.4, 0.5) is 11.4 Å². The first kappa shape index (κ1) is 25.1. The number of anilines is 1. The largest absolute Gasteiger partial charge is 0.455 e. The summed E-state index contributed by atoms with van der Waals surface area (Å²) in [6.07, 6.45) is -0.206. The van der Waals surface area contributed by atoms with Crippen LogP contribution < -0.4 is 10.7 Å². The molecule has 1 heterocycles. The van der Waals surface area contributed by atoms with Gasteiger partial charge in [-0.25, -0.2) is 0 Å². The Labute approximate surface area is 206 Å². The number of hydrazine groups is 1. The number of rotatable bonds is 7. The Balaban J connectivity index is 1.50. The zero-order chi connectivity index (χ0) is 25.0. The summed E-state index contributed by atoms with van der Waals surface area (Å²) in [5, 5.41) is 14.7. The predicted octanol–water partition coefficient (Wildman–Crippen LogP) is 2.99. The van der Waals surface area contributed by atoms with Crippen LogP contribution in [0, 0.1) is 23.0 Å². The number of nitro benzene ring substituents is 1. The Morgan fingerprint density at radius 1 is 1.26 bits per heavy atom. The molecular weight excluding hydrogens is 536 g/mol. The first-order valence-corrected chi connectivity index (χ1v) is 11.0. The molecule has 0 spiro atoms. The number of nitrogens with one attached hydrogen (secondary N) is 2. The van der Waals surface area contributed by atoms with Gasteiger partial charge >= 0.3 is 5.97 Å². The van der Waals surface area contributed by atoms with Gasteiger partial charge in [0.15, 0.2) is 6.61 Å². The first-order chi connectivity index (χ1) is 16.0. The minimum Gasteiger partial charge on any atom is -0.455 e. The van der Waals surface area contributed by atoms with Crippen molar-refractivity contribution in [1.82, 2.24) is 10.4 Å². The van der Waals surface area contributed by atoms with Gasteiger partial charge in [-0.1, -0.05) is 11.6 Å². The van der Waals surface area contributed by atoms with E-state index in [0.717, 1.165) is 22.7 Å². The van der Waals surface area contributed by atoms with Gasteiger partial charge in [0.2, 0.25) is 5.91 Å². The number of carbonyl (C=O) groups is 4. The summed E-state index contributed by atoms with van der Waals surface area (Å²) in [4.78, 5) is 59.1. The SMILES string of the molecule is Cc1cc(Br)c(Cl)cc1NC(=O)COC(=O)[C@@H]1CC(=O)N(NC(=O)c2ccc([N+](=O)[O-])cc2)C1. The summed E-state index contributed by atoms with van der Waals surface area (Å²) in [7, 11) is 0. The molecule has 1 aliphatic rings. The number of esters is 1. The average molecular weight is 554 g/mol. The minimum atomic E-state index is -0.874. The van der Waals surface area contributed by atoms with Gasteiger partial charge < -0.3 is 10.1 Å². The molecule has 1 aliphatic heterocycles. The molecule has 13 heteroatoms. The van der Waals surface area contributed by atoms with Crippen LogP contribution in [0.2, 0.25) is 5.02 Å². The molecule has 0 aromatic heterocycles. The van der Waals surface area contributed by atoms with E-state index < -0.39 is 41.1 Å². The molecule has 0 unspecified atom stereocenters. The number of nitrogens with zero attached hydrogens (tertiary/aromatic N) is 2. The third kappa shape index (κ3) is 6.08. The summed E-state index contributed by atoms with van der Waals surface area (Å²) < 4.78 is 5.70. The summed E-state index contributed by atoms with van der Waals surface area (Å²) in [6, 6.07) is 8.11. The fourth-order valence-corrected chi connectivity index (χ4v) is 3.74. The van der Waals surface area contributed by atoms with Crippen LogP contribution in [-0.2, 0) is 19.1 Å². The average Bonchev–Trinajstić information content (AvgIpc) is 3.16. The lowest BCUT2D eigenvalue weighted by molar-refractivity contribution is -0.384. The van der Waals surface area contributed by atoms with E-state index in [9.17, 15) is 29.3 Å². The van der Waals surface area contributed by atoms with E-state index in [1.807, 2.05) is 0 Å². The highest BCUT2D eigenvalue weighted by Crippen LogP contribution is 2.29. The van der Waals surface area contributed by atoms with Crippen LogP contribution in [0.5, 0.6) is 0 Å². The topological polar surface area (TPSA) is 148 Å². The number of carbonyl (C=O) groups excluding carboxylic acids is 4. The maximum Gasteiger partial charge on any atom is 0.311 e. The normalized spacial score (nSPS) is 15.1. The number of nitro groups is 1. The van der Waals surface area contributed by atoms with Gasteiger partial charge in [0.1, 0.15) is 0 Å². The maximum atomic E-state index is 12.3. The van der Waals surface area contributed by atoms with E-state index in [0.29, 0.717) is 15.2 Å². The van der Waals surface area contributed by atoms with E-state index in [4.69, 9.17) is 16.3 Å². The van der Waals surface area contributed by atoms with E-state index in [1.54, 1.807) is 19.1 Å². The number of ether oxygens (including phenoxy) is 1. The van der Waals surface area contributed by atoms with Crippen molar-refractivity contribution in [3.8, 4) is 0 Å². The summed E-state index contributed by atoms with van der Waals surface area (Å²) in [5.74, 6) is -3.40. The molecule has 0 radical (unpaired) electrons. The molecule has 0 aliphatic carbocycles. The number of non-ortho nitro benzene ring substituents is 1. The third-order valence-corrected chi connectivity index (χ3v) is 6.12. The zero-order valence-electron chi connectivity index (χ0n) is 17.7. The number of benzene rings is 2. The van der Waals surface area contributed by atoms with Crippen LogP contribution in [0.3, 0.4) is 0 Å². The molecule has 2 N–H and O–H groups in total. The highest BCUT2D eigenvalue weighted by molar-refractivity contribution is 9.10. The van der Waals surface area contributed by atoms with Crippen LogP contribution in [0.1, 0.15) is 22.3 Å². The molecule has 3 rings (SSSR count). The second-order valence-corrected chi connectivity index (χ2v) is 8.65. The second kappa shape index (κ2) is 10.6. The maximum absolute atomic E-state index is 12.3. The molecule has 0 bridgehead atoms. The molecule has 2 aromatic rings. The zero-order valence-corrected chi connectivity index (χ0v) is 20.0. The lowest BCUT2D eigenvalue weighted by atomic mass is 10.1. The second-order valence-electron chi connectivity index (χ2n) is 7.39. The molecule has 1 saturated heterocycles. The molecule has 1 fully saturated rings. The molecule has 3 amide bonds. The predicted molar refractivity (Wildman–Crippen MR) is 124 cm³/mol. The van der Waals surface area contributed by atoms with Crippen LogP contribution in [0.15, 0.2) is 40.9 Å². The number of hydrogen-bond acceptors (Lipinski definition) is 7. The van der Waals surface area contributed by atoms with Crippen LogP contribution in [-0.4, -0.2) is 46.8 Å². The molecule has 34 heavy (non-hydrogen) atoms. The van der Waals surface area contributed by atoms with Crippen LogP contribution >= 0.6 is 27.5 Å². The van der Waals surface area contributed by atoms with E-state index in [2.05, 4.69) is 26.7 Å². The Morgan fingerprint density at radius 2 is 1.94 bits per heavy atom. The minimum absolute atomic E-state index is 0.101. The van der Waals surface area contributed by atoms with Gasteiger partial charge in [-0.3, -0.25) is 39.7 Å². The van der Waals surface area contributed by atoms with Crippen molar-refractivity contribution in [2.24, 2.45) is 5.92 Å². The quantitative estimate of drug-likeness (QED) is 0.304. The Kier molecular flexibility index (Phi) is 7.84. The Bertz CT molecular complexity index is 1170. The van der Waals surface area contributed by atoms with Crippen LogP contribution in [0.25, 0.3) is 0 Å². The highest BCUT2D eigenvalue weighted by atomic mass is 79.9. The Hall–Kier alpha value is -3.51. The molecule has 1 atom stereocenters. The van der Waals surface area contributed by atoms with Crippen molar-refractivity contribution in [3.05, 3.63) is 67.1 Å². The highest BCUT2D eigenvalue weighted by Gasteiger charge is 2.36. The summed E-state index contributed by atoms with van der Waals surface area (Å²) in [5.41, 5.74) is 3.49. The number of aryl methyl sites for hydroxylation is 1. The smallest absolute Gasteiger partial charge is 0.311 e. The van der Waals surface area contributed by atoms with Crippen molar-refractivity contribution >= 4 is 62.6 Å². The number of hydrogen-bond donors (Lipinski definition) is 2. The van der Waals surface area contributed by atoms with E-state index >= 15 is 0 Å². The Morgan fingerprint density at radius 3 is 2.59 bits per heavy atom. The monoisotopic (exact) mass is 552 g/mol. The van der Waals surface area contributed by atoms with Gasteiger partial charge in [-0.05, 0) is 52.7 Å². The van der Waals surface area contributed by atoms with Crippen molar-refractivity contribution in [3.63, 3.8) is 0 Å². The van der Waals surface area contributed by atoms with Gasteiger partial charge in [0, 0.05) is 34.3 Å². The fourth-order valence-electron chi connectivity index (χ4n) is 3.12. The fraction of sp³-hybridized carbons (Fsp3) is 0.238. The molecule has 2 aromatic carbocycles. The van der Waals surface area contributed by atoms with Gasteiger partial charge in [0.05, 0.1) is 22.4 Å². The van der Waals surface area contributed by atoms with Crippen molar-refractivity contribution in [2.45, 2.75) is 13.3 Å². The number of amides is 3. The number of halogens is 2. The molecule has 178 valence electrons. The third-order valence-electron chi connectivity index (χ3n) is 4.92. The molecular formula is C21H18BrClN4O7. The lowest BCUT2D eigenvalue weighted by Crippen LogP contribution is -2.43.